The number of hydrogen-bond donors (Lipinski definition) is 12. The minimum atomic E-state index is -1.99. The fourth-order valence-corrected chi connectivity index (χ4v) is 10.8. The third-order valence-corrected chi connectivity index (χ3v) is 16.3. The molecule has 0 radical (unpaired) electrons. The molecule has 17 atom stereocenters. The van der Waals surface area contributed by atoms with Crippen molar-refractivity contribution in [2.45, 2.75) is 304 Å². The number of nitrogens with one attached hydrogen (secondary N) is 1. The van der Waals surface area contributed by atoms with Gasteiger partial charge in [0, 0.05) is 6.42 Å². The van der Waals surface area contributed by atoms with Crippen LogP contribution in [0.3, 0.4) is 0 Å². The maximum atomic E-state index is 13.4. The molecule has 3 fully saturated rings. The number of aliphatic hydroxyl groups is 11. The lowest BCUT2D eigenvalue weighted by Gasteiger charge is -2.48. The summed E-state index contributed by atoms with van der Waals surface area (Å²) in [5.74, 6) is -0.305. The number of carbonyl (C=O) groups excluding carboxylic acids is 1. The van der Waals surface area contributed by atoms with E-state index in [1.807, 2.05) is 6.08 Å². The molecule has 0 spiro atoms. The van der Waals surface area contributed by atoms with Crippen LogP contribution in [-0.2, 0) is 33.2 Å². The molecule has 0 aromatic carbocycles. The zero-order valence-corrected chi connectivity index (χ0v) is 54.3. The van der Waals surface area contributed by atoms with Crippen molar-refractivity contribution in [1.82, 2.24) is 5.32 Å². The summed E-state index contributed by atoms with van der Waals surface area (Å²) in [7, 11) is 0. The average Bonchev–Trinajstić information content (AvgIpc) is 1.05. The molecule has 19 heteroatoms. The summed E-state index contributed by atoms with van der Waals surface area (Å²) in [6.07, 6.45) is 42.0. The Hall–Kier alpha value is -3.55. The highest BCUT2D eigenvalue weighted by molar-refractivity contribution is 5.76. The molecule has 0 saturated carbocycles. The van der Waals surface area contributed by atoms with Gasteiger partial charge in [0.15, 0.2) is 18.9 Å². The Morgan fingerprint density at radius 1 is 0.411 bits per heavy atom. The Labute approximate surface area is 538 Å². The van der Waals surface area contributed by atoms with Crippen molar-refractivity contribution in [3.8, 4) is 0 Å². The Bertz CT molecular complexity index is 2060. The predicted octanol–water partition coefficient (Wildman–Crippen LogP) is 8.66. The van der Waals surface area contributed by atoms with Crippen LogP contribution in [0.1, 0.15) is 200 Å². The minimum absolute atomic E-state index is 0.206. The monoisotopic (exact) mass is 1270 g/mol. The Morgan fingerprint density at radius 3 is 1.20 bits per heavy atom. The first-order chi connectivity index (χ1) is 43.8. The number of ether oxygens (including phenoxy) is 6. The number of hydrogen-bond acceptors (Lipinski definition) is 18. The van der Waals surface area contributed by atoms with Gasteiger partial charge in [-0.1, -0.05) is 220 Å². The lowest BCUT2D eigenvalue weighted by atomic mass is 9.96. The van der Waals surface area contributed by atoms with E-state index in [1.54, 1.807) is 6.08 Å². The average molecular weight is 1270 g/mol. The van der Waals surface area contributed by atoms with Crippen molar-refractivity contribution in [3.63, 3.8) is 0 Å². The van der Waals surface area contributed by atoms with E-state index in [4.69, 9.17) is 28.4 Å². The lowest BCUT2D eigenvalue weighted by Crippen LogP contribution is -2.66. The van der Waals surface area contributed by atoms with Gasteiger partial charge in [0.25, 0.3) is 0 Å². The van der Waals surface area contributed by atoms with Gasteiger partial charge in [-0.3, -0.25) is 4.79 Å². The zero-order valence-electron chi connectivity index (χ0n) is 54.3. The molecule has 17 unspecified atom stereocenters. The van der Waals surface area contributed by atoms with Crippen LogP contribution >= 0.6 is 0 Å². The van der Waals surface area contributed by atoms with E-state index in [0.717, 1.165) is 103 Å². The molecule has 0 aromatic rings. The van der Waals surface area contributed by atoms with E-state index in [2.05, 4.69) is 116 Å². The van der Waals surface area contributed by atoms with Gasteiger partial charge >= 0.3 is 0 Å². The largest absolute Gasteiger partial charge is 0.394 e. The maximum absolute atomic E-state index is 13.4. The van der Waals surface area contributed by atoms with Gasteiger partial charge in [-0.05, 0) is 83.5 Å². The molecule has 90 heavy (non-hydrogen) atoms. The molecule has 12 N–H and O–H groups in total. The second kappa shape index (κ2) is 51.8. The van der Waals surface area contributed by atoms with Crippen molar-refractivity contribution < 1.29 is 89.4 Å². The number of carbonyl (C=O) groups is 1. The van der Waals surface area contributed by atoms with Gasteiger partial charge in [0.05, 0.1) is 38.6 Å². The highest BCUT2D eigenvalue weighted by Gasteiger charge is 2.53. The molecule has 1 amide bonds. The van der Waals surface area contributed by atoms with Crippen LogP contribution in [-0.4, -0.2) is 193 Å². The Balaban J connectivity index is 1.45. The van der Waals surface area contributed by atoms with Gasteiger partial charge in [-0.2, -0.15) is 0 Å². The Morgan fingerprint density at radius 2 is 0.767 bits per heavy atom. The van der Waals surface area contributed by atoms with E-state index in [-0.39, 0.29) is 18.9 Å². The molecule has 0 aliphatic carbocycles. The predicted molar refractivity (Wildman–Crippen MR) is 350 cm³/mol. The van der Waals surface area contributed by atoms with Gasteiger partial charge in [0.1, 0.15) is 73.2 Å². The zero-order chi connectivity index (χ0) is 65.4. The van der Waals surface area contributed by atoms with Crippen molar-refractivity contribution >= 4 is 5.91 Å². The van der Waals surface area contributed by atoms with Crippen LogP contribution < -0.4 is 5.32 Å². The first-order valence-corrected chi connectivity index (χ1v) is 34.1. The van der Waals surface area contributed by atoms with Crippen molar-refractivity contribution in [1.29, 1.82) is 0 Å². The number of amides is 1. The quantitative estimate of drug-likeness (QED) is 0.0200. The molecule has 3 rings (SSSR count). The third kappa shape index (κ3) is 33.5. The van der Waals surface area contributed by atoms with E-state index < -0.39 is 124 Å². The van der Waals surface area contributed by atoms with Crippen molar-refractivity contribution in [3.05, 3.63) is 109 Å². The number of unbranched alkanes of at least 4 members (excludes halogenated alkanes) is 18. The van der Waals surface area contributed by atoms with Crippen LogP contribution in [0, 0.1) is 0 Å². The first-order valence-electron chi connectivity index (χ1n) is 34.1. The van der Waals surface area contributed by atoms with Crippen molar-refractivity contribution in [2.24, 2.45) is 0 Å². The summed E-state index contributed by atoms with van der Waals surface area (Å²) in [6, 6.07) is -0.995. The van der Waals surface area contributed by atoms with Crippen LogP contribution in [0.4, 0.5) is 0 Å². The molecule has 3 saturated heterocycles. The third-order valence-electron chi connectivity index (χ3n) is 16.3. The second-order valence-corrected chi connectivity index (χ2v) is 23.9. The number of allylic oxidation sites excluding steroid dienone is 17. The molecular formula is C71H119NO18. The second-order valence-electron chi connectivity index (χ2n) is 23.9. The lowest BCUT2D eigenvalue weighted by molar-refractivity contribution is -0.379. The number of aliphatic hydroxyl groups excluding tert-OH is 11. The van der Waals surface area contributed by atoms with Gasteiger partial charge < -0.3 is 89.9 Å². The molecule has 0 aromatic heterocycles. The van der Waals surface area contributed by atoms with Crippen LogP contribution in [0.15, 0.2) is 109 Å². The standard InChI is InChI=1S/C71H119NO18/c1-3-5-7-9-11-13-15-17-19-21-22-23-24-25-26-27-28-29-30-31-32-33-35-37-39-41-43-45-47-49-59(77)72-54(55(76)48-46-44-42-40-38-36-34-20-18-16-14-12-10-8-6-4-2)53-85-69-65(83)62(80)67(57(51-74)87-69)90-71-66(84)63(81)68(58(52-75)88-71)89-70-64(82)61(79)60(78)56(50-73)86-70/h5,7,11,13,17,19,22-23,25-26,28-29,31-32,35,37,46,48,54-58,60-71,73-76,78-84H,3-4,6,8-10,12,14-16,18,20-21,24,27,30,33-34,36,38-45,47,49-53H2,1-2H3,(H,72,77)/b7-5-,13-11-,19-17-,23-22-,26-25-,29-28-,32-31-,37-35-,48-46+. The SMILES string of the molecule is CC/C=C\C/C=C\C/C=C\C/C=C\C/C=C\C/C=C\C/C=C\C/C=C\CCCCCCC(=O)NC(COC1OC(CO)C(OC2OC(CO)C(OC3OC(CO)C(O)C(O)C3O)C(O)C2O)C(O)C1O)C(O)/C=C/CCCCCCCCCCCCCCCC. The summed E-state index contributed by atoms with van der Waals surface area (Å²) in [5, 5.41) is 120. The molecule has 0 bridgehead atoms. The topological polar surface area (TPSA) is 307 Å². The van der Waals surface area contributed by atoms with Crippen LogP contribution in [0.25, 0.3) is 0 Å². The van der Waals surface area contributed by atoms with Gasteiger partial charge in [0.2, 0.25) is 5.91 Å². The van der Waals surface area contributed by atoms with E-state index in [1.165, 1.54) is 70.6 Å². The molecule has 19 nitrogen and oxygen atoms in total. The summed E-state index contributed by atoms with van der Waals surface area (Å²) in [4.78, 5) is 13.4. The Kier molecular flexibility index (Phi) is 46.5. The molecule has 516 valence electrons. The molecule has 3 aliphatic rings. The van der Waals surface area contributed by atoms with E-state index >= 15 is 0 Å². The van der Waals surface area contributed by atoms with E-state index in [0.29, 0.717) is 6.42 Å². The summed E-state index contributed by atoms with van der Waals surface area (Å²) >= 11 is 0. The summed E-state index contributed by atoms with van der Waals surface area (Å²) in [6.45, 7) is 1.58. The van der Waals surface area contributed by atoms with Crippen LogP contribution in [0.5, 0.6) is 0 Å². The van der Waals surface area contributed by atoms with Gasteiger partial charge in [-0.25, -0.2) is 0 Å². The van der Waals surface area contributed by atoms with Crippen LogP contribution in [0.2, 0.25) is 0 Å². The fraction of sp³-hybridized carbons (Fsp3) is 0.732. The molecule has 3 heterocycles. The highest BCUT2D eigenvalue weighted by Crippen LogP contribution is 2.33. The summed E-state index contributed by atoms with van der Waals surface area (Å²) in [5.41, 5.74) is 0. The summed E-state index contributed by atoms with van der Waals surface area (Å²) < 4.78 is 34.3. The maximum Gasteiger partial charge on any atom is 0.220 e. The van der Waals surface area contributed by atoms with Crippen molar-refractivity contribution in [2.75, 3.05) is 26.4 Å². The number of rotatable bonds is 50. The normalized spacial score (nSPS) is 28.7. The van der Waals surface area contributed by atoms with E-state index in [9.17, 15) is 61.0 Å². The fourth-order valence-electron chi connectivity index (χ4n) is 10.8. The smallest absolute Gasteiger partial charge is 0.220 e. The van der Waals surface area contributed by atoms with Gasteiger partial charge in [-0.15, -0.1) is 0 Å². The molecule has 3 aliphatic heterocycles. The first kappa shape index (κ1) is 80.7. The minimum Gasteiger partial charge on any atom is -0.394 e. The highest BCUT2D eigenvalue weighted by atomic mass is 16.8. The molecular weight excluding hydrogens is 1150 g/mol.